The number of benzene rings is 2. The van der Waals surface area contributed by atoms with Crippen molar-refractivity contribution in [3.8, 4) is 0 Å². The summed E-state index contributed by atoms with van der Waals surface area (Å²) in [6.07, 6.45) is 0. The standard InChI is InChI=1S/C26H29N5O2/c32-26(25(21-7-3-1-4-8-21)22-9-5-2-6-10-22)31-15-13-29(14-16-31)23-11-12-24(28-27-23)30-17-19-33-20-18-30/h1-12,25H,13-20H2. The van der Waals surface area contributed by atoms with Gasteiger partial charge in [-0.25, -0.2) is 0 Å². The van der Waals surface area contributed by atoms with E-state index in [0.29, 0.717) is 13.1 Å². The molecule has 7 nitrogen and oxygen atoms in total. The molecule has 2 aromatic carbocycles. The predicted molar refractivity (Wildman–Crippen MR) is 129 cm³/mol. The largest absolute Gasteiger partial charge is 0.378 e. The number of piperazine rings is 1. The van der Waals surface area contributed by atoms with Crippen LogP contribution in [-0.4, -0.2) is 73.5 Å². The summed E-state index contributed by atoms with van der Waals surface area (Å²) in [5.41, 5.74) is 2.06. The average molecular weight is 444 g/mol. The molecule has 2 aliphatic heterocycles. The molecular formula is C26H29N5O2. The maximum atomic E-state index is 13.6. The fourth-order valence-corrected chi connectivity index (χ4v) is 4.56. The second kappa shape index (κ2) is 10.0. The number of aromatic nitrogens is 2. The number of hydrogen-bond donors (Lipinski definition) is 0. The van der Waals surface area contributed by atoms with Crippen LogP contribution in [0.4, 0.5) is 11.6 Å². The van der Waals surface area contributed by atoms with Crippen molar-refractivity contribution in [3.05, 3.63) is 83.9 Å². The van der Waals surface area contributed by atoms with E-state index in [9.17, 15) is 4.79 Å². The Labute approximate surface area is 194 Å². The van der Waals surface area contributed by atoms with Crippen LogP contribution < -0.4 is 9.80 Å². The highest BCUT2D eigenvalue weighted by molar-refractivity contribution is 5.87. The van der Waals surface area contributed by atoms with E-state index >= 15 is 0 Å². The molecule has 0 radical (unpaired) electrons. The van der Waals surface area contributed by atoms with Crippen LogP contribution in [0.5, 0.6) is 0 Å². The summed E-state index contributed by atoms with van der Waals surface area (Å²) in [5.74, 6) is 1.62. The third-order valence-corrected chi connectivity index (χ3v) is 6.40. The number of ether oxygens (including phenoxy) is 1. The lowest BCUT2D eigenvalue weighted by molar-refractivity contribution is -0.132. The first-order valence-corrected chi connectivity index (χ1v) is 11.6. The Balaban J connectivity index is 1.25. The van der Waals surface area contributed by atoms with E-state index in [4.69, 9.17) is 4.74 Å². The molecule has 33 heavy (non-hydrogen) atoms. The second-order valence-electron chi connectivity index (χ2n) is 8.42. The third kappa shape index (κ3) is 4.83. The highest BCUT2D eigenvalue weighted by Gasteiger charge is 2.30. The number of carbonyl (C=O) groups excluding carboxylic acids is 1. The van der Waals surface area contributed by atoms with Gasteiger partial charge in [-0.05, 0) is 23.3 Å². The Hall–Kier alpha value is -3.45. The van der Waals surface area contributed by atoms with Crippen LogP contribution in [0.1, 0.15) is 17.0 Å². The lowest BCUT2D eigenvalue weighted by Gasteiger charge is -2.37. The minimum absolute atomic E-state index is 0.154. The first kappa shape index (κ1) is 21.4. The van der Waals surface area contributed by atoms with E-state index in [2.05, 4.69) is 20.0 Å². The van der Waals surface area contributed by atoms with Crippen LogP contribution in [0.3, 0.4) is 0 Å². The Kier molecular flexibility index (Phi) is 6.48. The van der Waals surface area contributed by atoms with Gasteiger partial charge in [0.05, 0.1) is 19.1 Å². The van der Waals surface area contributed by atoms with Gasteiger partial charge in [-0.2, -0.15) is 0 Å². The molecule has 3 aromatic rings. The molecule has 170 valence electrons. The summed E-state index contributed by atoms with van der Waals surface area (Å²) in [4.78, 5) is 20.0. The van der Waals surface area contributed by atoms with E-state index in [0.717, 1.165) is 62.2 Å². The fourth-order valence-electron chi connectivity index (χ4n) is 4.56. The Bertz CT molecular complexity index is 992. The van der Waals surface area contributed by atoms with Crippen LogP contribution in [0.2, 0.25) is 0 Å². The van der Waals surface area contributed by atoms with E-state index in [1.54, 1.807) is 0 Å². The molecule has 0 unspecified atom stereocenters. The molecule has 0 spiro atoms. The number of morpholine rings is 1. The van der Waals surface area contributed by atoms with Crippen molar-refractivity contribution in [1.29, 1.82) is 0 Å². The summed E-state index contributed by atoms with van der Waals surface area (Å²) >= 11 is 0. The van der Waals surface area contributed by atoms with Gasteiger partial charge in [0.2, 0.25) is 5.91 Å². The molecule has 1 aromatic heterocycles. The van der Waals surface area contributed by atoms with Crippen molar-refractivity contribution in [2.75, 3.05) is 62.3 Å². The molecule has 2 saturated heterocycles. The van der Waals surface area contributed by atoms with Crippen LogP contribution in [0, 0.1) is 0 Å². The molecule has 1 amide bonds. The number of amides is 1. The van der Waals surface area contributed by atoms with E-state index in [1.165, 1.54) is 0 Å². The van der Waals surface area contributed by atoms with Gasteiger partial charge in [0.1, 0.15) is 0 Å². The van der Waals surface area contributed by atoms with Crippen molar-refractivity contribution >= 4 is 17.5 Å². The zero-order valence-electron chi connectivity index (χ0n) is 18.7. The van der Waals surface area contributed by atoms with Gasteiger partial charge in [0.15, 0.2) is 11.6 Å². The molecule has 0 saturated carbocycles. The van der Waals surface area contributed by atoms with Crippen LogP contribution in [0.15, 0.2) is 72.8 Å². The minimum Gasteiger partial charge on any atom is -0.378 e. The highest BCUT2D eigenvalue weighted by Crippen LogP contribution is 2.28. The normalized spacial score (nSPS) is 16.8. The summed E-state index contributed by atoms with van der Waals surface area (Å²) in [6, 6.07) is 24.2. The van der Waals surface area contributed by atoms with Gasteiger partial charge >= 0.3 is 0 Å². The zero-order valence-corrected chi connectivity index (χ0v) is 18.7. The molecular weight excluding hydrogens is 414 g/mol. The third-order valence-electron chi connectivity index (χ3n) is 6.40. The highest BCUT2D eigenvalue weighted by atomic mass is 16.5. The lowest BCUT2D eigenvalue weighted by atomic mass is 9.90. The van der Waals surface area contributed by atoms with Gasteiger partial charge in [-0.1, -0.05) is 60.7 Å². The molecule has 3 heterocycles. The quantitative estimate of drug-likeness (QED) is 0.604. The van der Waals surface area contributed by atoms with E-state index in [-0.39, 0.29) is 11.8 Å². The molecule has 0 bridgehead atoms. The monoisotopic (exact) mass is 443 g/mol. The topological polar surface area (TPSA) is 61.8 Å². The van der Waals surface area contributed by atoms with Gasteiger partial charge in [-0.3, -0.25) is 4.79 Å². The van der Waals surface area contributed by atoms with Crippen molar-refractivity contribution < 1.29 is 9.53 Å². The van der Waals surface area contributed by atoms with Gasteiger partial charge < -0.3 is 19.4 Å². The molecule has 5 rings (SSSR count). The van der Waals surface area contributed by atoms with Gasteiger partial charge in [-0.15, -0.1) is 10.2 Å². The van der Waals surface area contributed by atoms with Crippen molar-refractivity contribution in [3.63, 3.8) is 0 Å². The molecule has 0 aliphatic carbocycles. The van der Waals surface area contributed by atoms with Crippen LogP contribution >= 0.6 is 0 Å². The van der Waals surface area contributed by atoms with Gasteiger partial charge in [0.25, 0.3) is 0 Å². The molecule has 0 atom stereocenters. The van der Waals surface area contributed by atoms with Crippen molar-refractivity contribution in [2.45, 2.75) is 5.92 Å². The number of rotatable bonds is 5. The Morgan fingerprint density at radius 3 is 1.64 bits per heavy atom. The maximum Gasteiger partial charge on any atom is 0.234 e. The summed E-state index contributed by atoms with van der Waals surface area (Å²) in [6.45, 7) is 5.97. The number of carbonyl (C=O) groups is 1. The summed E-state index contributed by atoms with van der Waals surface area (Å²) in [5, 5.41) is 8.91. The number of hydrogen-bond acceptors (Lipinski definition) is 6. The molecule has 0 N–H and O–H groups in total. The van der Waals surface area contributed by atoms with Crippen LogP contribution in [0.25, 0.3) is 0 Å². The van der Waals surface area contributed by atoms with Gasteiger partial charge in [0, 0.05) is 39.3 Å². The Morgan fingerprint density at radius 2 is 1.15 bits per heavy atom. The van der Waals surface area contributed by atoms with E-state index < -0.39 is 0 Å². The molecule has 2 aliphatic rings. The predicted octanol–water partition coefficient (Wildman–Crippen LogP) is 2.79. The number of anilines is 2. The SMILES string of the molecule is O=C(C(c1ccccc1)c1ccccc1)N1CCN(c2ccc(N3CCOCC3)nn2)CC1. The first-order chi connectivity index (χ1) is 16.3. The van der Waals surface area contributed by atoms with E-state index in [1.807, 2.05) is 77.7 Å². The smallest absolute Gasteiger partial charge is 0.234 e. The van der Waals surface area contributed by atoms with Crippen LogP contribution in [-0.2, 0) is 9.53 Å². The lowest BCUT2D eigenvalue weighted by Crippen LogP contribution is -2.50. The zero-order chi connectivity index (χ0) is 22.5. The average Bonchev–Trinajstić information content (AvgIpc) is 2.91. The number of nitrogens with zero attached hydrogens (tertiary/aromatic N) is 5. The first-order valence-electron chi connectivity index (χ1n) is 11.6. The fraction of sp³-hybridized carbons (Fsp3) is 0.346. The minimum atomic E-state index is -0.286. The van der Waals surface area contributed by atoms with Crippen molar-refractivity contribution in [1.82, 2.24) is 15.1 Å². The second-order valence-corrected chi connectivity index (χ2v) is 8.42. The summed E-state index contributed by atoms with van der Waals surface area (Å²) < 4.78 is 5.41. The maximum absolute atomic E-state index is 13.6. The summed E-state index contributed by atoms with van der Waals surface area (Å²) in [7, 11) is 0. The van der Waals surface area contributed by atoms with Crippen molar-refractivity contribution in [2.24, 2.45) is 0 Å². The Morgan fingerprint density at radius 1 is 0.667 bits per heavy atom. The molecule has 2 fully saturated rings. The molecule has 7 heteroatoms.